The Morgan fingerprint density at radius 2 is 2.18 bits per heavy atom. The molecule has 2 rings (SSSR count). The molecular formula is C14H13N3O5. The van der Waals surface area contributed by atoms with E-state index in [0.29, 0.717) is 11.3 Å². The number of carbonyl (C=O) groups is 1. The van der Waals surface area contributed by atoms with Gasteiger partial charge in [0.25, 0.3) is 5.69 Å². The Kier molecular flexibility index (Phi) is 4.64. The summed E-state index contributed by atoms with van der Waals surface area (Å²) in [5.41, 5.74) is 6.05. The number of rotatable bonds is 6. The minimum absolute atomic E-state index is 0.131. The number of nitrogens with zero attached hydrogens (tertiary/aromatic N) is 2. The zero-order chi connectivity index (χ0) is 16.1. The van der Waals surface area contributed by atoms with Crippen LogP contribution in [0.2, 0.25) is 0 Å². The van der Waals surface area contributed by atoms with Gasteiger partial charge in [0.15, 0.2) is 0 Å². The van der Waals surface area contributed by atoms with Gasteiger partial charge in [-0.05, 0) is 24.1 Å². The van der Waals surface area contributed by atoms with E-state index in [1.54, 1.807) is 24.3 Å². The first-order valence-electron chi connectivity index (χ1n) is 6.31. The average Bonchev–Trinajstić information content (AvgIpc) is 2.48. The standard InChI is InChI=1S/C14H13N3O5/c15-12(14(18)19)7-9-2-1-3-11(6-9)22-13-5-4-10(8-16-13)17(20)21/h1-6,8,12H,7,15H2,(H,18,19). The maximum Gasteiger partial charge on any atom is 0.320 e. The molecule has 0 aliphatic carbocycles. The van der Waals surface area contributed by atoms with Gasteiger partial charge in [0, 0.05) is 12.1 Å². The van der Waals surface area contributed by atoms with Crippen LogP contribution >= 0.6 is 0 Å². The summed E-state index contributed by atoms with van der Waals surface area (Å²) in [4.78, 5) is 24.6. The second-order valence-corrected chi connectivity index (χ2v) is 4.51. The number of hydrogen-bond acceptors (Lipinski definition) is 6. The van der Waals surface area contributed by atoms with Crippen LogP contribution in [0.25, 0.3) is 0 Å². The third-order valence-electron chi connectivity index (χ3n) is 2.83. The number of benzene rings is 1. The van der Waals surface area contributed by atoms with E-state index in [2.05, 4.69) is 4.98 Å². The van der Waals surface area contributed by atoms with Gasteiger partial charge in [-0.25, -0.2) is 4.98 Å². The van der Waals surface area contributed by atoms with Gasteiger partial charge < -0.3 is 15.6 Å². The van der Waals surface area contributed by atoms with E-state index in [9.17, 15) is 14.9 Å². The molecule has 0 fully saturated rings. The second kappa shape index (κ2) is 6.64. The lowest BCUT2D eigenvalue weighted by molar-refractivity contribution is -0.385. The molecule has 3 N–H and O–H groups in total. The molecule has 0 saturated heterocycles. The predicted octanol–water partition coefficient (Wildman–Crippen LogP) is 1.74. The smallest absolute Gasteiger partial charge is 0.320 e. The van der Waals surface area contributed by atoms with Crippen molar-refractivity contribution in [3.63, 3.8) is 0 Å². The lowest BCUT2D eigenvalue weighted by atomic mass is 10.1. The number of carboxylic acid groups (broad SMARTS) is 1. The number of aromatic nitrogens is 1. The molecule has 0 aliphatic rings. The Balaban J connectivity index is 2.09. The topological polar surface area (TPSA) is 129 Å². The highest BCUT2D eigenvalue weighted by atomic mass is 16.6. The van der Waals surface area contributed by atoms with Crippen molar-refractivity contribution in [3.8, 4) is 11.6 Å². The van der Waals surface area contributed by atoms with Crippen LogP contribution in [0.15, 0.2) is 42.6 Å². The quantitative estimate of drug-likeness (QED) is 0.614. The summed E-state index contributed by atoms with van der Waals surface area (Å²) in [7, 11) is 0. The van der Waals surface area contributed by atoms with Crippen molar-refractivity contribution < 1.29 is 19.6 Å². The summed E-state index contributed by atoms with van der Waals surface area (Å²) in [5, 5.41) is 19.3. The average molecular weight is 303 g/mol. The fourth-order valence-electron chi connectivity index (χ4n) is 1.74. The third kappa shape index (κ3) is 4.00. The predicted molar refractivity (Wildman–Crippen MR) is 76.7 cm³/mol. The van der Waals surface area contributed by atoms with Crippen molar-refractivity contribution in [3.05, 3.63) is 58.3 Å². The molecule has 22 heavy (non-hydrogen) atoms. The monoisotopic (exact) mass is 303 g/mol. The van der Waals surface area contributed by atoms with Gasteiger partial charge in [0.2, 0.25) is 5.88 Å². The molecule has 0 saturated carbocycles. The van der Waals surface area contributed by atoms with Crippen LogP contribution in [0.3, 0.4) is 0 Å². The SMILES string of the molecule is NC(Cc1cccc(Oc2ccc([N+](=O)[O-])cn2)c1)C(=O)O. The molecule has 2 aromatic rings. The number of nitrogens with two attached hydrogens (primary N) is 1. The Morgan fingerprint density at radius 3 is 2.77 bits per heavy atom. The van der Waals surface area contributed by atoms with E-state index in [1.165, 1.54) is 12.1 Å². The lowest BCUT2D eigenvalue weighted by Gasteiger charge is -2.09. The highest BCUT2D eigenvalue weighted by molar-refractivity contribution is 5.73. The van der Waals surface area contributed by atoms with Crippen LogP contribution in [-0.2, 0) is 11.2 Å². The molecule has 0 radical (unpaired) electrons. The first kappa shape index (κ1) is 15.4. The molecule has 0 amide bonds. The number of nitro groups is 1. The number of hydrogen-bond donors (Lipinski definition) is 2. The van der Waals surface area contributed by atoms with Gasteiger partial charge in [0.1, 0.15) is 18.0 Å². The number of ether oxygens (including phenoxy) is 1. The minimum Gasteiger partial charge on any atom is -0.480 e. The molecule has 8 heteroatoms. The molecule has 1 aromatic heterocycles. The van der Waals surface area contributed by atoms with Crippen molar-refractivity contribution in [1.29, 1.82) is 0 Å². The van der Waals surface area contributed by atoms with Crippen LogP contribution in [-0.4, -0.2) is 27.0 Å². The third-order valence-corrected chi connectivity index (χ3v) is 2.83. The Hall–Kier alpha value is -3.00. The first-order chi connectivity index (χ1) is 10.5. The number of aliphatic carboxylic acids is 1. The van der Waals surface area contributed by atoms with Crippen molar-refractivity contribution in [2.24, 2.45) is 5.73 Å². The van der Waals surface area contributed by atoms with E-state index >= 15 is 0 Å². The second-order valence-electron chi connectivity index (χ2n) is 4.51. The molecule has 1 aromatic carbocycles. The molecule has 1 heterocycles. The normalized spacial score (nSPS) is 11.7. The maximum atomic E-state index is 10.7. The summed E-state index contributed by atoms with van der Waals surface area (Å²) in [6.45, 7) is 0. The summed E-state index contributed by atoms with van der Waals surface area (Å²) >= 11 is 0. The first-order valence-corrected chi connectivity index (χ1v) is 6.31. The van der Waals surface area contributed by atoms with E-state index in [-0.39, 0.29) is 18.0 Å². The number of pyridine rings is 1. The molecule has 0 bridgehead atoms. The molecule has 1 atom stereocenters. The fourth-order valence-corrected chi connectivity index (χ4v) is 1.74. The maximum absolute atomic E-state index is 10.7. The van der Waals surface area contributed by atoms with E-state index < -0.39 is 16.9 Å². The van der Waals surface area contributed by atoms with Gasteiger partial charge in [-0.2, -0.15) is 0 Å². The largest absolute Gasteiger partial charge is 0.480 e. The Morgan fingerprint density at radius 1 is 1.41 bits per heavy atom. The summed E-state index contributed by atoms with van der Waals surface area (Å²) in [5.74, 6) is -0.440. The van der Waals surface area contributed by atoms with Crippen LogP contribution in [0, 0.1) is 10.1 Å². The van der Waals surface area contributed by atoms with E-state index in [4.69, 9.17) is 15.6 Å². The van der Waals surface area contributed by atoms with Crippen LogP contribution in [0.5, 0.6) is 11.6 Å². The molecule has 0 spiro atoms. The molecule has 1 unspecified atom stereocenters. The molecule has 0 aliphatic heterocycles. The van der Waals surface area contributed by atoms with E-state index in [1.807, 2.05) is 0 Å². The van der Waals surface area contributed by atoms with Crippen molar-refractivity contribution in [2.45, 2.75) is 12.5 Å². The zero-order valence-electron chi connectivity index (χ0n) is 11.4. The van der Waals surface area contributed by atoms with Crippen molar-refractivity contribution >= 4 is 11.7 Å². The van der Waals surface area contributed by atoms with Gasteiger partial charge in [0.05, 0.1) is 4.92 Å². The van der Waals surface area contributed by atoms with E-state index in [0.717, 1.165) is 6.20 Å². The fraction of sp³-hybridized carbons (Fsp3) is 0.143. The van der Waals surface area contributed by atoms with Crippen LogP contribution in [0.1, 0.15) is 5.56 Å². The highest BCUT2D eigenvalue weighted by Gasteiger charge is 2.12. The number of carboxylic acids is 1. The van der Waals surface area contributed by atoms with Crippen molar-refractivity contribution in [1.82, 2.24) is 4.98 Å². The molecule has 114 valence electrons. The van der Waals surface area contributed by atoms with Crippen molar-refractivity contribution in [2.75, 3.05) is 0 Å². The van der Waals surface area contributed by atoms with Gasteiger partial charge in [-0.15, -0.1) is 0 Å². The highest BCUT2D eigenvalue weighted by Crippen LogP contribution is 2.22. The van der Waals surface area contributed by atoms with Gasteiger partial charge in [-0.3, -0.25) is 14.9 Å². The summed E-state index contributed by atoms with van der Waals surface area (Å²) in [6, 6.07) is 8.42. The lowest BCUT2D eigenvalue weighted by Crippen LogP contribution is -2.32. The van der Waals surface area contributed by atoms with Gasteiger partial charge in [-0.1, -0.05) is 12.1 Å². The molecular weight excluding hydrogens is 290 g/mol. The minimum atomic E-state index is -1.08. The summed E-state index contributed by atoms with van der Waals surface area (Å²) in [6.07, 6.45) is 1.26. The Bertz CT molecular complexity index is 687. The van der Waals surface area contributed by atoms with Gasteiger partial charge >= 0.3 is 5.97 Å². The van der Waals surface area contributed by atoms with Crippen LogP contribution in [0.4, 0.5) is 5.69 Å². The van der Waals surface area contributed by atoms with Crippen LogP contribution < -0.4 is 10.5 Å². The summed E-state index contributed by atoms with van der Waals surface area (Å²) < 4.78 is 5.47. The molecule has 8 nitrogen and oxygen atoms in total. The Labute approximate surface area is 125 Å². The zero-order valence-corrected chi connectivity index (χ0v) is 11.4.